The number of carbonyl (C=O) groups excluding carboxylic acids is 3. The minimum Gasteiger partial charge on any atom is -0.302 e. The standard InChI is InChI=1S/C12H23N3O3.2C2H6/c1-10(17)9-15(7-8-16)12(11(2)18)5-3-4-6-14-13;2*1-2/h8,12,14H,3-7,9,13H2,1-2H3;2*1-2H3. The number of nitrogens with two attached hydrogens (primary N) is 1. The fraction of sp³-hybridized carbons (Fsp3) is 0.812. The highest BCUT2D eigenvalue weighted by Crippen LogP contribution is 2.10. The first-order valence-corrected chi connectivity index (χ1v) is 8.14. The molecule has 1 atom stereocenters. The van der Waals surface area contributed by atoms with Gasteiger partial charge in [-0.05, 0) is 26.7 Å². The number of carbonyl (C=O) groups is 3. The molecule has 0 aliphatic carbocycles. The average Bonchev–Trinajstić information content (AvgIpc) is 2.50. The van der Waals surface area contributed by atoms with Crippen LogP contribution in [0.5, 0.6) is 0 Å². The van der Waals surface area contributed by atoms with E-state index >= 15 is 0 Å². The molecule has 3 N–H and O–H groups in total. The molecule has 6 nitrogen and oxygen atoms in total. The van der Waals surface area contributed by atoms with Crippen LogP contribution in [0.1, 0.15) is 60.8 Å². The summed E-state index contributed by atoms with van der Waals surface area (Å²) >= 11 is 0. The summed E-state index contributed by atoms with van der Waals surface area (Å²) in [6.45, 7) is 11.9. The Balaban J connectivity index is -0.000000826. The van der Waals surface area contributed by atoms with Crippen LogP contribution >= 0.6 is 0 Å². The average molecular weight is 317 g/mol. The number of nitrogens with zero attached hydrogens (tertiary/aromatic N) is 1. The summed E-state index contributed by atoms with van der Waals surface area (Å²) in [7, 11) is 0. The first-order valence-electron chi connectivity index (χ1n) is 8.14. The number of unbranched alkanes of at least 4 members (excludes halogenated alkanes) is 1. The highest BCUT2D eigenvalue weighted by atomic mass is 16.1. The van der Waals surface area contributed by atoms with Crippen LogP contribution in [0.4, 0.5) is 0 Å². The van der Waals surface area contributed by atoms with Gasteiger partial charge in [0.2, 0.25) is 0 Å². The van der Waals surface area contributed by atoms with Gasteiger partial charge in [0, 0.05) is 6.54 Å². The molecule has 132 valence electrons. The molecule has 0 saturated heterocycles. The van der Waals surface area contributed by atoms with Gasteiger partial charge in [-0.25, -0.2) is 0 Å². The fourth-order valence-electron chi connectivity index (χ4n) is 1.89. The lowest BCUT2D eigenvalue weighted by Gasteiger charge is -2.27. The third-order valence-electron chi connectivity index (χ3n) is 2.69. The van der Waals surface area contributed by atoms with Crippen molar-refractivity contribution in [2.45, 2.75) is 66.8 Å². The van der Waals surface area contributed by atoms with Gasteiger partial charge >= 0.3 is 0 Å². The van der Waals surface area contributed by atoms with Gasteiger partial charge in [-0.2, -0.15) is 0 Å². The fourth-order valence-corrected chi connectivity index (χ4v) is 1.89. The summed E-state index contributed by atoms with van der Waals surface area (Å²) in [4.78, 5) is 35.0. The molecule has 0 saturated carbocycles. The van der Waals surface area contributed by atoms with Crippen molar-refractivity contribution in [3.05, 3.63) is 0 Å². The molecule has 0 fully saturated rings. The lowest BCUT2D eigenvalue weighted by Crippen LogP contribution is -2.43. The molecule has 0 bridgehead atoms. The molecule has 0 spiro atoms. The van der Waals surface area contributed by atoms with Crippen LogP contribution in [0.25, 0.3) is 0 Å². The van der Waals surface area contributed by atoms with E-state index in [0.717, 1.165) is 19.1 Å². The molecule has 1 unspecified atom stereocenters. The molecule has 0 aromatic rings. The van der Waals surface area contributed by atoms with Crippen LogP contribution in [0.2, 0.25) is 0 Å². The molecular weight excluding hydrogens is 282 g/mol. The maximum absolute atomic E-state index is 11.6. The van der Waals surface area contributed by atoms with Gasteiger partial charge in [-0.3, -0.25) is 25.8 Å². The van der Waals surface area contributed by atoms with Crippen molar-refractivity contribution >= 4 is 17.9 Å². The Morgan fingerprint density at radius 1 is 1.14 bits per heavy atom. The van der Waals surface area contributed by atoms with Crippen LogP contribution in [0.15, 0.2) is 0 Å². The second-order valence-corrected chi connectivity index (χ2v) is 4.37. The van der Waals surface area contributed by atoms with Crippen molar-refractivity contribution < 1.29 is 14.4 Å². The largest absolute Gasteiger partial charge is 0.302 e. The van der Waals surface area contributed by atoms with Gasteiger partial charge in [0.05, 0.1) is 19.1 Å². The minimum absolute atomic E-state index is 0.0150. The third kappa shape index (κ3) is 15.3. The van der Waals surface area contributed by atoms with Gasteiger partial charge in [0.25, 0.3) is 0 Å². The molecule has 0 radical (unpaired) electrons. The van der Waals surface area contributed by atoms with Gasteiger partial charge in [0.1, 0.15) is 17.9 Å². The highest BCUT2D eigenvalue weighted by Gasteiger charge is 2.22. The van der Waals surface area contributed by atoms with Crippen molar-refractivity contribution in [1.82, 2.24) is 10.3 Å². The third-order valence-corrected chi connectivity index (χ3v) is 2.69. The Hall–Kier alpha value is -1.11. The second kappa shape index (κ2) is 19.9. The van der Waals surface area contributed by atoms with E-state index < -0.39 is 0 Å². The van der Waals surface area contributed by atoms with Crippen LogP contribution in [0, 0.1) is 0 Å². The number of aldehydes is 1. The smallest absolute Gasteiger partial charge is 0.146 e. The van der Waals surface area contributed by atoms with E-state index in [1.807, 2.05) is 27.7 Å². The number of hydrogen-bond acceptors (Lipinski definition) is 6. The van der Waals surface area contributed by atoms with E-state index in [2.05, 4.69) is 5.43 Å². The van der Waals surface area contributed by atoms with E-state index in [-0.39, 0.29) is 30.7 Å². The summed E-state index contributed by atoms with van der Waals surface area (Å²) in [5.74, 6) is 5.10. The van der Waals surface area contributed by atoms with Crippen molar-refractivity contribution in [2.24, 2.45) is 5.84 Å². The molecule has 0 aliphatic rings. The molecule has 0 amide bonds. The maximum Gasteiger partial charge on any atom is 0.146 e. The number of nitrogens with one attached hydrogen (secondary N) is 1. The Morgan fingerprint density at radius 3 is 2.05 bits per heavy atom. The van der Waals surface area contributed by atoms with Crippen molar-refractivity contribution in [1.29, 1.82) is 0 Å². The molecule has 0 aromatic carbocycles. The molecule has 0 rings (SSSR count). The number of hydrogen-bond donors (Lipinski definition) is 2. The first-order chi connectivity index (χ1) is 10.5. The maximum atomic E-state index is 11.6. The first kappa shape index (κ1) is 25.8. The zero-order chi connectivity index (χ0) is 18.0. The summed E-state index contributed by atoms with van der Waals surface area (Å²) in [6.07, 6.45) is 3.04. The van der Waals surface area contributed by atoms with Crippen molar-refractivity contribution in [3.63, 3.8) is 0 Å². The zero-order valence-electron chi connectivity index (χ0n) is 15.1. The number of rotatable bonds is 11. The Kier molecular flexibility index (Phi) is 23.3. The summed E-state index contributed by atoms with van der Waals surface area (Å²) in [6, 6.07) is -0.364. The van der Waals surface area contributed by atoms with E-state index in [0.29, 0.717) is 13.0 Å². The normalized spacial score (nSPS) is 10.7. The van der Waals surface area contributed by atoms with Crippen molar-refractivity contribution in [3.8, 4) is 0 Å². The molecule has 6 heteroatoms. The quantitative estimate of drug-likeness (QED) is 0.261. The van der Waals surface area contributed by atoms with E-state index in [4.69, 9.17) is 5.84 Å². The molecule has 0 heterocycles. The molecule has 0 aliphatic heterocycles. The topological polar surface area (TPSA) is 92.5 Å². The van der Waals surface area contributed by atoms with Crippen molar-refractivity contribution in [2.75, 3.05) is 19.6 Å². The van der Waals surface area contributed by atoms with Crippen LogP contribution in [-0.4, -0.2) is 48.4 Å². The highest BCUT2D eigenvalue weighted by molar-refractivity contribution is 5.83. The summed E-state index contributed by atoms with van der Waals surface area (Å²) in [5.41, 5.74) is 2.55. The van der Waals surface area contributed by atoms with Crippen LogP contribution in [-0.2, 0) is 14.4 Å². The number of ketones is 2. The predicted molar refractivity (Wildman–Crippen MR) is 91.5 cm³/mol. The van der Waals surface area contributed by atoms with Crippen LogP contribution < -0.4 is 11.3 Å². The Morgan fingerprint density at radius 2 is 1.68 bits per heavy atom. The lowest BCUT2D eigenvalue weighted by molar-refractivity contribution is -0.125. The van der Waals surface area contributed by atoms with Gasteiger partial charge < -0.3 is 4.79 Å². The monoisotopic (exact) mass is 317 g/mol. The summed E-state index contributed by atoms with van der Waals surface area (Å²) < 4.78 is 0. The molecular formula is C16H35N3O3. The van der Waals surface area contributed by atoms with Gasteiger partial charge in [-0.1, -0.05) is 34.1 Å². The SMILES string of the molecule is CC.CC.CC(=O)CN(CC=O)C(CCCCNN)C(C)=O. The second-order valence-electron chi connectivity index (χ2n) is 4.37. The summed E-state index contributed by atoms with van der Waals surface area (Å²) in [5, 5.41) is 0. The van der Waals surface area contributed by atoms with Gasteiger partial charge in [0.15, 0.2) is 0 Å². The Bertz CT molecular complexity index is 284. The van der Waals surface area contributed by atoms with E-state index in [9.17, 15) is 14.4 Å². The molecule has 0 aromatic heterocycles. The van der Waals surface area contributed by atoms with E-state index in [1.165, 1.54) is 13.8 Å². The lowest BCUT2D eigenvalue weighted by atomic mass is 10.0. The van der Waals surface area contributed by atoms with Gasteiger partial charge in [-0.15, -0.1) is 0 Å². The van der Waals surface area contributed by atoms with Crippen LogP contribution in [0.3, 0.4) is 0 Å². The Labute approximate surface area is 135 Å². The number of hydrazine groups is 1. The zero-order valence-corrected chi connectivity index (χ0v) is 15.1. The number of Topliss-reactive ketones (excluding diaryl/α,β-unsaturated/α-hetero) is 2. The van der Waals surface area contributed by atoms with E-state index in [1.54, 1.807) is 4.90 Å². The minimum atomic E-state index is -0.364. The molecule has 22 heavy (non-hydrogen) atoms. The predicted octanol–water partition coefficient (Wildman–Crippen LogP) is 1.72.